The Bertz CT molecular complexity index is 821. The molecule has 0 aromatic heterocycles. The third-order valence-corrected chi connectivity index (χ3v) is 7.90. The number of hydrogen-bond donors (Lipinski definition) is 6. The normalized spacial score (nSPS) is 9.41. The average Bonchev–Trinajstić information content (AvgIpc) is 3.12. The van der Waals surface area contributed by atoms with E-state index in [9.17, 15) is 32.8 Å². The summed E-state index contributed by atoms with van der Waals surface area (Å²) in [6.07, 6.45) is 41.8. The van der Waals surface area contributed by atoms with Gasteiger partial charge in [0.15, 0.2) is 0 Å². The van der Waals surface area contributed by atoms with Crippen molar-refractivity contribution in [3.8, 4) is 0 Å². The number of quaternary nitrogens is 6. The highest BCUT2D eigenvalue weighted by Crippen LogP contribution is 2.11. The molecule has 0 rings (SSSR count). The van der Waals surface area contributed by atoms with Crippen LogP contribution in [0.25, 0.3) is 0 Å². The minimum atomic E-state index is -4.41. The Kier molecular flexibility index (Phi) is 131. The lowest BCUT2D eigenvalue weighted by Crippen LogP contribution is -2.21. The van der Waals surface area contributed by atoms with Crippen LogP contribution < -0.4 is 62.4 Å². The highest BCUT2D eigenvalue weighted by atomic mass is 32.3. The van der Waals surface area contributed by atoms with Gasteiger partial charge in [0.25, 0.3) is 0 Å². The lowest BCUT2D eigenvalue weighted by Gasteiger charge is -2.01. The molecule has 0 aliphatic rings. The molecular weight excluding hydrogens is 809 g/mol. The summed E-state index contributed by atoms with van der Waals surface area (Å²) in [5.74, 6) is -1.83. The van der Waals surface area contributed by atoms with Crippen LogP contribution in [-0.2, 0) is 24.2 Å². The lowest BCUT2D eigenvalue weighted by molar-refractivity contribution is -0.362. The van der Waals surface area contributed by atoms with Gasteiger partial charge in [-0.2, -0.15) is 0 Å². The van der Waals surface area contributed by atoms with Crippen LogP contribution in [0.2, 0.25) is 0 Å². The molecule has 0 heterocycles. The van der Waals surface area contributed by atoms with Crippen LogP contribution in [0.4, 0.5) is 0 Å². The summed E-state index contributed by atoms with van der Waals surface area (Å²) in [5.41, 5.74) is 0. The van der Waals surface area contributed by atoms with Crippen LogP contribution >= 0.6 is 0 Å². The Hall–Kier alpha value is -2.07. The number of carbonyl (C=O) groups excluding carboxylic acids is 2. The first-order chi connectivity index (χ1) is 26.3. The Morgan fingerprint density at radius 3 is 0.738 bits per heavy atom. The fourth-order valence-corrected chi connectivity index (χ4v) is 4.68. The second-order valence-corrected chi connectivity index (χ2v) is 14.0. The molecule has 0 bridgehead atoms. The lowest BCUT2D eigenvalue weighted by atomic mass is 10.1. The molecule has 18 heteroatoms. The van der Waals surface area contributed by atoms with Crippen LogP contribution in [0.15, 0.2) is 24.3 Å². The summed E-state index contributed by atoms with van der Waals surface area (Å²) in [7, 11) is -3.60. The van der Waals surface area contributed by atoms with Gasteiger partial charge in [-0.05, 0) is 77.0 Å². The van der Waals surface area contributed by atoms with Gasteiger partial charge in [0.2, 0.25) is 10.4 Å². The summed E-state index contributed by atoms with van der Waals surface area (Å²) >= 11 is 0. The van der Waals surface area contributed by atoms with Crippen molar-refractivity contribution in [2.75, 3.05) is 26.9 Å². The number of carbonyl (C=O) groups is 2. The van der Waals surface area contributed by atoms with E-state index in [-0.39, 0.29) is 69.6 Å². The van der Waals surface area contributed by atoms with Gasteiger partial charge in [-0.1, -0.05) is 162 Å². The first kappa shape index (κ1) is 89.8. The zero-order valence-electron chi connectivity index (χ0n) is 42.1. The Balaban J connectivity index is -0.0000000549. The summed E-state index contributed by atoms with van der Waals surface area (Å²) in [4.78, 5) is 20.4. The van der Waals surface area contributed by atoms with Gasteiger partial charge in [0, 0.05) is 11.9 Å². The first-order valence-electron chi connectivity index (χ1n) is 21.3. The molecule has 0 atom stereocenters. The van der Waals surface area contributed by atoms with Gasteiger partial charge in [-0.15, -0.1) is 19.8 Å². The molecule has 0 saturated carbocycles. The highest BCUT2D eigenvalue weighted by molar-refractivity contribution is 7.80. The minimum absolute atomic E-state index is 0. The maximum atomic E-state index is 10.2. The van der Waals surface area contributed by atoms with Crippen molar-refractivity contribution < 1.29 is 52.3 Å². The predicted molar refractivity (Wildman–Crippen MR) is 253 cm³/mol. The van der Waals surface area contributed by atoms with Crippen molar-refractivity contribution in [3.63, 3.8) is 0 Å². The molecule has 0 fully saturated rings. The van der Waals surface area contributed by atoms with Crippen LogP contribution in [0, 0.1) is 0 Å². The number of unbranched alkanes of at least 4 members (excludes halogenated alkanes) is 22. The van der Waals surface area contributed by atoms with Crippen LogP contribution in [0.5, 0.6) is 0 Å². The van der Waals surface area contributed by atoms with Crippen molar-refractivity contribution >= 4 is 22.3 Å². The molecule has 0 aliphatic heterocycles. The predicted octanol–water partition coefficient (Wildman–Crippen LogP) is 9.00. The third kappa shape index (κ3) is 149. The van der Waals surface area contributed by atoms with Crippen LogP contribution in [0.1, 0.15) is 214 Å². The van der Waals surface area contributed by atoms with Crippen molar-refractivity contribution in [2.24, 2.45) is 0 Å². The maximum absolute atomic E-state index is 10.2. The molecular formula is C43H108N6O11S. The first-order valence-corrected chi connectivity index (χ1v) is 22.6. The van der Waals surface area contributed by atoms with Crippen LogP contribution in [-0.4, -0.2) is 51.8 Å². The molecule has 0 amide bonds. The minimum Gasteiger partial charge on any atom is -0.855 e. The molecule has 0 radical (unpaired) electrons. The number of aliphatic carboxylic acids is 2. The van der Waals surface area contributed by atoms with E-state index in [1.807, 2.05) is 0 Å². The van der Waals surface area contributed by atoms with Crippen LogP contribution in [0.3, 0.4) is 0 Å². The summed E-state index contributed by atoms with van der Waals surface area (Å²) in [5, 5.41) is 47.2. The molecule has 0 unspecified atom stereocenters. The van der Waals surface area contributed by atoms with Crippen molar-refractivity contribution in [1.82, 2.24) is 36.9 Å². The summed E-state index contributed by atoms with van der Waals surface area (Å²) < 4.78 is 31.0. The van der Waals surface area contributed by atoms with Gasteiger partial charge in [0.05, 0.1) is 7.11 Å². The Morgan fingerprint density at radius 2 is 0.574 bits per heavy atom. The topological polar surface area (TPSA) is 435 Å². The molecule has 0 aliphatic carbocycles. The van der Waals surface area contributed by atoms with E-state index in [2.05, 4.69) is 42.3 Å². The number of allylic oxidation sites excluding steroid dienone is 4. The van der Waals surface area contributed by atoms with Gasteiger partial charge in [-0.3, -0.25) is 4.18 Å². The van der Waals surface area contributed by atoms with E-state index >= 15 is 0 Å². The number of carboxylic acids is 2. The SMILES string of the molecule is CCCCCCCC/C=C\CCCCCCCC(=O)[O-].CCCCCCCC/C=C\CCCCCCCC(=O)[O-].CC[O-].CC[O-].CC[O-].COS(=O)(=O)[O-].[NH4+].[NH4+].[NH4+].[NH4+].[NH4+].[NH4+]. The standard InChI is InChI=1S/2C18H34O2.3C2H5O.CH4O4S.6H3N/c2*1-2-3-4-5-6-7-8-9-10-11-12-13-14-15-16-17-18(19)20;3*1-2-3;1-5-6(2,3)4;;;;;;/h2*9-10H,2-8,11-17H2,1H3,(H,19,20);3*2H2,1H3;1H3,(H,2,3,4);6*1H3/q;;3*-1;;;;;;;/p+3/b2*10-9-;;;;;;;;;;. The van der Waals surface area contributed by atoms with Gasteiger partial charge in [0.1, 0.15) is 0 Å². The number of carboxylic acid groups (broad SMARTS) is 2. The van der Waals surface area contributed by atoms with Crippen molar-refractivity contribution in [3.05, 3.63) is 24.3 Å². The average molecular weight is 917 g/mol. The highest BCUT2D eigenvalue weighted by Gasteiger charge is 1.93. The molecule has 382 valence electrons. The Morgan fingerprint density at radius 1 is 0.410 bits per heavy atom. The maximum Gasteiger partial charge on any atom is 0.217 e. The van der Waals surface area contributed by atoms with E-state index < -0.39 is 22.3 Å². The largest absolute Gasteiger partial charge is 0.855 e. The molecule has 24 N–H and O–H groups in total. The summed E-state index contributed by atoms with van der Waals surface area (Å²) in [6, 6.07) is 0. The Labute approximate surface area is 376 Å². The molecule has 0 aromatic carbocycles. The quantitative estimate of drug-likeness (QED) is 0.0165. The third-order valence-electron chi connectivity index (χ3n) is 7.49. The van der Waals surface area contributed by atoms with Gasteiger partial charge in [-0.25, -0.2) is 8.42 Å². The van der Waals surface area contributed by atoms with E-state index in [4.69, 9.17) is 15.3 Å². The zero-order valence-corrected chi connectivity index (χ0v) is 42.9. The molecule has 0 spiro atoms. The van der Waals surface area contributed by atoms with Crippen molar-refractivity contribution in [1.29, 1.82) is 0 Å². The molecule has 61 heavy (non-hydrogen) atoms. The molecule has 0 aromatic rings. The van der Waals surface area contributed by atoms with Crippen molar-refractivity contribution in [2.45, 2.75) is 214 Å². The summed E-state index contributed by atoms with van der Waals surface area (Å²) in [6.45, 7) is 9.22. The molecule has 17 nitrogen and oxygen atoms in total. The monoisotopic (exact) mass is 917 g/mol. The smallest absolute Gasteiger partial charge is 0.217 e. The fourth-order valence-electron chi connectivity index (χ4n) is 4.68. The van der Waals surface area contributed by atoms with E-state index in [0.29, 0.717) is 0 Å². The van der Waals surface area contributed by atoms with E-state index in [1.54, 1.807) is 20.8 Å². The van der Waals surface area contributed by atoms with E-state index in [1.165, 1.54) is 128 Å². The van der Waals surface area contributed by atoms with E-state index in [0.717, 1.165) is 45.6 Å². The van der Waals surface area contributed by atoms with Gasteiger partial charge < -0.3 is 76.6 Å². The fraction of sp³-hybridized carbons (Fsp3) is 0.860. The zero-order chi connectivity index (χ0) is 43.1. The van der Waals surface area contributed by atoms with Gasteiger partial charge >= 0.3 is 0 Å². The number of hydrogen-bond acceptors (Lipinski definition) is 11. The number of rotatable bonds is 31. The second-order valence-electron chi connectivity index (χ2n) is 12.9. The second kappa shape index (κ2) is 89.0. The molecule has 0 saturated heterocycles.